The zero-order valence-corrected chi connectivity index (χ0v) is 12.8. The molecule has 1 N–H and O–H groups in total. The van der Waals surface area contributed by atoms with Gasteiger partial charge in [0.25, 0.3) is 5.91 Å². The van der Waals surface area contributed by atoms with E-state index in [2.05, 4.69) is 10.3 Å². The number of pyridine rings is 1. The Labute approximate surface area is 133 Å². The quantitative estimate of drug-likeness (QED) is 0.677. The van der Waals surface area contributed by atoms with E-state index in [1.807, 2.05) is 0 Å². The lowest BCUT2D eigenvalue weighted by molar-refractivity contribution is -0.123. The molecule has 1 aromatic carbocycles. The van der Waals surface area contributed by atoms with Crippen molar-refractivity contribution in [2.75, 3.05) is 5.32 Å². The number of carbonyl (C=O) groups is 3. The molecule has 0 fully saturated rings. The number of rotatable bonds is 5. The van der Waals surface area contributed by atoms with Crippen LogP contribution < -0.4 is 5.32 Å². The minimum Gasteiger partial charge on any atom is -0.449 e. The molecule has 2 aromatic rings. The molecule has 1 atom stereocenters. The summed E-state index contributed by atoms with van der Waals surface area (Å²) in [4.78, 5) is 39.4. The number of amides is 1. The third-order valence-corrected chi connectivity index (χ3v) is 3.13. The first-order valence-corrected chi connectivity index (χ1v) is 7.01. The lowest BCUT2D eigenvalue weighted by atomic mass is 10.1. The summed E-state index contributed by atoms with van der Waals surface area (Å²) in [7, 11) is 0. The first kappa shape index (κ1) is 16.4. The van der Waals surface area contributed by atoms with Gasteiger partial charge < -0.3 is 10.1 Å². The van der Waals surface area contributed by atoms with E-state index in [0.29, 0.717) is 16.8 Å². The molecule has 0 aliphatic rings. The third kappa shape index (κ3) is 4.23. The Kier molecular flexibility index (Phi) is 5.19. The van der Waals surface area contributed by atoms with E-state index in [1.165, 1.54) is 38.4 Å². The normalized spacial score (nSPS) is 11.4. The summed E-state index contributed by atoms with van der Waals surface area (Å²) in [5.74, 6) is -1.29. The van der Waals surface area contributed by atoms with Gasteiger partial charge in [-0.1, -0.05) is 12.1 Å². The Morgan fingerprint density at radius 3 is 2.39 bits per heavy atom. The van der Waals surface area contributed by atoms with Gasteiger partial charge in [-0.15, -0.1) is 0 Å². The topological polar surface area (TPSA) is 85.4 Å². The SMILES string of the molecule is CC(=O)c1ccccc1NC(=O)C(C)OC(=O)c1ccncc1. The fraction of sp³-hybridized carbons (Fsp3) is 0.176. The van der Waals surface area contributed by atoms with Gasteiger partial charge in [0.1, 0.15) is 0 Å². The van der Waals surface area contributed by atoms with E-state index in [0.717, 1.165) is 0 Å². The maximum absolute atomic E-state index is 12.1. The van der Waals surface area contributed by atoms with Crippen molar-refractivity contribution < 1.29 is 19.1 Å². The molecule has 1 unspecified atom stereocenters. The van der Waals surface area contributed by atoms with Crippen molar-refractivity contribution >= 4 is 23.3 Å². The van der Waals surface area contributed by atoms with Crippen molar-refractivity contribution in [2.24, 2.45) is 0 Å². The van der Waals surface area contributed by atoms with Crippen LogP contribution in [-0.4, -0.2) is 28.7 Å². The van der Waals surface area contributed by atoms with Crippen LogP contribution >= 0.6 is 0 Å². The molecular formula is C17H16N2O4. The highest BCUT2D eigenvalue weighted by atomic mass is 16.5. The molecule has 0 saturated carbocycles. The van der Waals surface area contributed by atoms with Gasteiger partial charge in [-0.05, 0) is 38.1 Å². The Morgan fingerprint density at radius 1 is 1.09 bits per heavy atom. The molecule has 2 rings (SSSR count). The van der Waals surface area contributed by atoms with Crippen LogP contribution in [-0.2, 0) is 9.53 Å². The van der Waals surface area contributed by atoms with Gasteiger partial charge in [0.05, 0.1) is 11.3 Å². The number of benzene rings is 1. The number of para-hydroxylation sites is 1. The number of anilines is 1. The lowest BCUT2D eigenvalue weighted by Crippen LogP contribution is -2.30. The van der Waals surface area contributed by atoms with E-state index >= 15 is 0 Å². The molecule has 0 spiro atoms. The fourth-order valence-electron chi connectivity index (χ4n) is 1.90. The van der Waals surface area contributed by atoms with Crippen LogP contribution in [0.3, 0.4) is 0 Å². The van der Waals surface area contributed by atoms with Crippen LogP contribution in [0, 0.1) is 0 Å². The Hall–Kier alpha value is -3.02. The molecule has 0 saturated heterocycles. The van der Waals surface area contributed by atoms with Crippen LogP contribution in [0.5, 0.6) is 0 Å². The van der Waals surface area contributed by atoms with Crippen molar-refractivity contribution in [3.8, 4) is 0 Å². The first-order valence-electron chi connectivity index (χ1n) is 7.01. The number of nitrogens with zero attached hydrogens (tertiary/aromatic N) is 1. The number of Topliss-reactive ketones (excluding diaryl/α,β-unsaturated/α-hetero) is 1. The fourth-order valence-corrected chi connectivity index (χ4v) is 1.90. The van der Waals surface area contributed by atoms with E-state index < -0.39 is 18.0 Å². The second-order valence-corrected chi connectivity index (χ2v) is 4.87. The van der Waals surface area contributed by atoms with Crippen LogP contribution in [0.4, 0.5) is 5.69 Å². The van der Waals surface area contributed by atoms with E-state index in [-0.39, 0.29) is 5.78 Å². The monoisotopic (exact) mass is 312 g/mol. The molecule has 1 aromatic heterocycles. The standard InChI is InChI=1S/C17H16N2O4/c1-11(20)14-5-3-4-6-15(14)19-16(21)12(2)23-17(22)13-7-9-18-10-8-13/h3-10,12H,1-2H3,(H,19,21). The van der Waals surface area contributed by atoms with Gasteiger partial charge in [-0.25, -0.2) is 4.79 Å². The van der Waals surface area contributed by atoms with Crippen LogP contribution in [0.1, 0.15) is 34.6 Å². The van der Waals surface area contributed by atoms with Crippen molar-refractivity contribution in [3.05, 3.63) is 59.9 Å². The largest absolute Gasteiger partial charge is 0.449 e. The predicted octanol–water partition coefficient (Wildman–Crippen LogP) is 2.47. The minimum absolute atomic E-state index is 0.165. The van der Waals surface area contributed by atoms with Gasteiger partial charge in [-0.2, -0.15) is 0 Å². The molecule has 23 heavy (non-hydrogen) atoms. The third-order valence-electron chi connectivity index (χ3n) is 3.13. The highest BCUT2D eigenvalue weighted by Gasteiger charge is 2.20. The van der Waals surface area contributed by atoms with Gasteiger partial charge in [-0.3, -0.25) is 14.6 Å². The number of aromatic nitrogens is 1. The number of carbonyl (C=O) groups excluding carboxylic acids is 3. The molecule has 118 valence electrons. The zero-order valence-electron chi connectivity index (χ0n) is 12.8. The number of ketones is 1. The van der Waals surface area contributed by atoms with Gasteiger partial charge in [0.2, 0.25) is 0 Å². The highest BCUT2D eigenvalue weighted by Crippen LogP contribution is 2.16. The molecule has 6 nitrogen and oxygen atoms in total. The predicted molar refractivity (Wildman–Crippen MR) is 84.2 cm³/mol. The number of ether oxygens (including phenoxy) is 1. The Morgan fingerprint density at radius 2 is 1.74 bits per heavy atom. The van der Waals surface area contributed by atoms with Crippen LogP contribution in [0.15, 0.2) is 48.8 Å². The van der Waals surface area contributed by atoms with Crippen molar-refractivity contribution in [1.82, 2.24) is 4.98 Å². The van der Waals surface area contributed by atoms with Crippen LogP contribution in [0.2, 0.25) is 0 Å². The summed E-state index contributed by atoms with van der Waals surface area (Å²) in [5, 5.41) is 2.60. The van der Waals surface area contributed by atoms with Crippen molar-refractivity contribution in [2.45, 2.75) is 20.0 Å². The summed E-state index contributed by atoms with van der Waals surface area (Å²) in [6.45, 7) is 2.88. The molecule has 6 heteroatoms. The number of hydrogen-bond donors (Lipinski definition) is 1. The minimum atomic E-state index is -1.00. The second-order valence-electron chi connectivity index (χ2n) is 4.87. The first-order chi connectivity index (χ1) is 11.0. The van der Waals surface area contributed by atoms with E-state index in [1.54, 1.807) is 24.3 Å². The maximum Gasteiger partial charge on any atom is 0.339 e. The van der Waals surface area contributed by atoms with E-state index in [4.69, 9.17) is 4.74 Å². The average molecular weight is 312 g/mol. The Balaban J connectivity index is 2.04. The summed E-state index contributed by atoms with van der Waals surface area (Å²) in [6, 6.07) is 9.64. The van der Waals surface area contributed by atoms with Gasteiger partial charge in [0, 0.05) is 18.0 Å². The summed E-state index contributed by atoms with van der Waals surface area (Å²) < 4.78 is 5.11. The smallest absolute Gasteiger partial charge is 0.339 e. The molecule has 0 aliphatic heterocycles. The lowest BCUT2D eigenvalue weighted by Gasteiger charge is -2.14. The van der Waals surface area contributed by atoms with Crippen molar-refractivity contribution in [3.63, 3.8) is 0 Å². The summed E-state index contributed by atoms with van der Waals surface area (Å²) in [6.07, 6.45) is 1.92. The van der Waals surface area contributed by atoms with Gasteiger partial charge >= 0.3 is 5.97 Å². The molecule has 0 aliphatic carbocycles. The van der Waals surface area contributed by atoms with Crippen molar-refractivity contribution in [1.29, 1.82) is 0 Å². The van der Waals surface area contributed by atoms with Gasteiger partial charge in [0.15, 0.2) is 11.9 Å². The number of esters is 1. The number of nitrogens with one attached hydrogen (secondary N) is 1. The molecule has 1 amide bonds. The van der Waals surface area contributed by atoms with Crippen LogP contribution in [0.25, 0.3) is 0 Å². The average Bonchev–Trinajstić information content (AvgIpc) is 2.55. The summed E-state index contributed by atoms with van der Waals surface area (Å²) in [5.41, 5.74) is 1.09. The second kappa shape index (κ2) is 7.31. The highest BCUT2D eigenvalue weighted by molar-refractivity contribution is 6.05. The molecular weight excluding hydrogens is 296 g/mol. The molecule has 0 radical (unpaired) electrons. The summed E-state index contributed by atoms with van der Waals surface area (Å²) >= 11 is 0. The maximum atomic E-state index is 12.1. The van der Waals surface area contributed by atoms with E-state index in [9.17, 15) is 14.4 Å². The molecule has 1 heterocycles. The zero-order chi connectivity index (χ0) is 16.8. The number of hydrogen-bond acceptors (Lipinski definition) is 5. The molecule has 0 bridgehead atoms. The Bertz CT molecular complexity index is 728.